The van der Waals surface area contributed by atoms with Gasteiger partial charge < -0.3 is 10.6 Å². The summed E-state index contributed by atoms with van der Waals surface area (Å²) in [5.74, 6) is -0.308. The van der Waals surface area contributed by atoms with E-state index in [2.05, 4.69) is 0 Å². The Morgan fingerprint density at radius 2 is 2.12 bits per heavy atom. The Kier molecular flexibility index (Phi) is 4.32. The van der Waals surface area contributed by atoms with Crippen LogP contribution in [-0.2, 0) is 14.6 Å². The summed E-state index contributed by atoms with van der Waals surface area (Å²) in [6.45, 7) is 2.47. The van der Waals surface area contributed by atoms with Crippen molar-refractivity contribution in [1.82, 2.24) is 4.90 Å². The molecule has 0 radical (unpaired) electrons. The second-order valence-corrected chi connectivity index (χ2v) is 6.75. The van der Waals surface area contributed by atoms with Crippen LogP contribution in [0.4, 0.5) is 0 Å². The molecule has 1 saturated heterocycles. The third-order valence-corrected chi connectivity index (χ3v) is 4.66. The minimum atomic E-state index is -3.32. The van der Waals surface area contributed by atoms with E-state index >= 15 is 0 Å². The van der Waals surface area contributed by atoms with Gasteiger partial charge in [-0.1, -0.05) is 0 Å². The van der Waals surface area contributed by atoms with Crippen molar-refractivity contribution in [2.24, 2.45) is 5.73 Å². The Labute approximate surface area is 96.9 Å². The lowest BCUT2D eigenvalue weighted by molar-refractivity contribution is -0.133. The molecule has 0 bridgehead atoms. The first-order valence-corrected chi connectivity index (χ1v) is 7.52. The Balaban J connectivity index is 2.79. The van der Waals surface area contributed by atoms with Gasteiger partial charge in [0.25, 0.3) is 0 Å². The van der Waals surface area contributed by atoms with Crippen LogP contribution in [0.15, 0.2) is 0 Å². The van der Waals surface area contributed by atoms with E-state index in [1.54, 1.807) is 4.90 Å². The fraction of sp³-hybridized carbons (Fsp3) is 0.900. The van der Waals surface area contributed by atoms with E-state index in [0.29, 0.717) is 13.1 Å². The largest absolute Gasteiger partial charge is 0.337 e. The Morgan fingerprint density at radius 3 is 2.62 bits per heavy atom. The summed E-state index contributed by atoms with van der Waals surface area (Å²) in [5, 5.41) is -0.959. The molecule has 2 unspecified atom stereocenters. The van der Waals surface area contributed by atoms with Crippen LogP contribution >= 0.6 is 0 Å². The number of carbonyl (C=O) groups excluding carboxylic acids is 1. The second-order valence-electron chi connectivity index (χ2n) is 4.39. The zero-order chi connectivity index (χ0) is 12.3. The van der Waals surface area contributed by atoms with E-state index in [-0.39, 0.29) is 11.9 Å². The smallest absolute Gasteiger partial charge is 0.240 e. The van der Waals surface area contributed by atoms with E-state index < -0.39 is 15.1 Å². The molecule has 1 aliphatic heterocycles. The minimum absolute atomic E-state index is 0.00505. The molecule has 5 nitrogen and oxygen atoms in total. The van der Waals surface area contributed by atoms with Gasteiger partial charge >= 0.3 is 0 Å². The molecule has 2 atom stereocenters. The van der Waals surface area contributed by atoms with Crippen molar-refractivity contribution in [2.75, 3.05) is 19.3 Å². The lowest BCUT2D eigenvalue weighted by Crippen LogP contribution is -2.51. The summed E-state index contributed by atoms with van der Waals surface area (Å²) in [7, 11) is -3.32. The summed E-state index contributed by atoms with van der Waals surface area (Å²) in [5.41, 5.74) is 5.60. The minimum Gasteiger partial charge on any atom is -0.337 e. The number of hydrogen-bond donors (Lipinski definition) is 1. The van der Waals surface area contributed by atoms with Crippen LogP contribution in [0, 0.1) is 0 Å². The second kappa shape index (κ2) is 5.14. The molecule has 0 spiro atoms. The van der Waals surface area contributed by atoms with Gasteiger partial charge in [-0.05, 0) is 26.2 Å². The van der Waals surface area contributed by atoms with Gasteiger partial charge in [-0.3, -0.25) is 4.79 Å². The molecule has 1 aliphatic rings. The maximum absolute atomic E-state index is 12.0. The zero-order valence-corrected chi connectivity index (χ0v) is 10.7. The van der Waals surface area contributed by atoms with Gasteiger partial charge in [0.05, 0.1) is 0 Å². The van der Waals surface area contributed by atoms with Crippen molar-refractivity contribution in [3.63, 3.8) is 0 Å². The third-order valence-electron chi connectivity index (χ3n) is 3.17. The predicted octanol–water partition coefficient (Wildman–Crippen LogP) is -0.241. The highest BCUT2D eigenvalue weighted by Gasteiger charge is 2.33. The van der Waals surface area contributed by atoms with E-state index in [4.69, 9.17) is 5.73 Å². The van der Waals surface area contributed by atoms with Gasteiger partial charge in [0.1, 0.15) is 5.25 Å². The lowest BCUT2D eigenvalue weighted by atomic mass is 10.0. The summed E-state index contributed by atoms with van der Waals surface area (Å²) in [4.78, 5) is 13.6. The Hall–Kier alpha value is -0.620. The standard InChI is InChI=1S/C10H20N2O3S/c1-8(16(2,14)15)10(13)12-6-4-3-5-9(12)7-11/h8-9H,3-7,11H2,1-2H3. The summed E-state index contributed by atoms with van der Waals surface area (Å²) in [6, 6.07) is 0.00505. The molecular formula is C10H20N2O3S. The van der Waals surface area contributed by atoms with E-state index in [1.807, 2.05) is 0 Å². The van der Waals surface area contributed by atoms with Gasteiger partial charge in [-0.15, -0.1) is 0 Å². The first-order chi connectivity index (χ1) is 7.38. The van der Waals surface area contributed by atoms with Gasteiger partial charge in [0, 0.05) is 25.4 Å². The van der Waals surface area contributed by atoms with Crippen LogP contribution in [0.1, 0.15) is 26.2 Å². The summed E-state index contributed by atoms with van der Waals surface area (Å²) >= 11 is 0. The van der Waals surface area contributed by atoms with Crippen molar-refractivity contribution >= 4 is 15.7 Å². The molecule has 6 heteroatoms. The highest BCUT2D eigenvalue weighted by atomic mass is 32.2. The number of sulfone groups is 1. The molecule has 0 aromatic rings. The number of hydrogen-bond acceptors (Lipinski definition) is 4. The number of carbonyl (C=O) groups is 1. The normalized spacial score (nSPS) is 24.2. The van der Waals surface area contributed by atoms with Crippen LogP contribution in [-0.4, -0.2) is 49.9 Å². The molecule has 0 aromatic heterocycles. The topological polar surface area (TPSA) is 80.5 Å². The first-order valence-electron chi connectivity index (χ1n) is 5.57. The van der Waals surface area contributed by atoms with Gasteiger partial charge in [0.15, 0.2) is 9.84 Å². The highest BCUT2D eigenvalue weighted by Crippen LogP contribution is 2.18. The van der Waals surface area contributed by atoms with Crippen molar-refractivity contribution in [1.29, 1.82) is 0 Å². The van der Waals surface area contributed by atoms with E-state index in [1.165, 1.54) is 6.92 Å². The van der Waals surface area contributed by atoms with Crippen molar-refractivity contribution in [3.8, 4) is 0 Å². The zero-order valence-electron chi connectivity index (χ0n) is 9.85. The summed E-state index contributed by atoms with van der Waals surface area (Å²) < 4.78 is 22.7. The van der Waals surface area contributed by atoms with Crippen LogP contribution < -0.4 is 5.73 Å². The Morgan fingerprint density at radius 1 is 1.50 bits per heavy atom. The summed E-state index contributed by atoms with van der Waals surface area (Å²) in [6.07, 6.45) is 3.95. The van der Waals surface area contributed by atoms with Crippen molar-refractivity contribution in [3.05, 3.63) is 0 Å². The maximum Gasteiger partial charge on any atom is 0.240 e. The average Bonchev–Trinajstić information content (AvgIpc) is 2.25. The fourth-order valence-corrected chi connectivity index (χ4v) is 2.45. The number of rotatable bonds is 3. The molecule has 2 N–H and O–H groups in total. The lowest BCUT2D eigenvalue weighted by Gasteiger charge is -2.36. The van der Waals surface area contributed by atoms with Crippen LogP contribution in [0.3, 0.4) is 0 Å². The molecule has 1 rings (SSSR count). The monoisotopic (exact) mass is 248 g/mol. The highest BCUT2D eigenvalue weighted by molar-refractivity contribution is 7.92. The molecule has 0 saturated carbocycles. The SMILES string of the molecule is CC(C(=O)N1CCCCC1CN)S(C)(=O)=O. The number of nitrogens with two attached hydrogens (primary N) is 1. The van der Waals surface area contributed by atoms with E-state index in [9.17, 15) is 13.2 Å². The molecule has 1 fully saturated rings. The van der Waals surface area contributed by atoms with Crippen molar-refractivity contribution < 1.29 is 13.2 Å². The Bertz CT molecular complexity index is 353. The number of piperidine rings is 1. The van der Waals surface area contributed by atoms with Crippen LogP contribution in [0.5, 0.6) is 0 Å². The van der Waals surface area contributed by atoms with Gasteiger partial charge in [-0.25, -0.2) is 8.42 Å². The van der Waals surface area contributed by atoms with Gasteiger partial charge in [0.2, 0.25) is 5.91 Å². The van der Waals surface area contributed by atoms with E-state index in [0.717, 1.165) is 25.5 Å². The quantitative estimate of drug-likeness (QED) is 0.747. The predicted molar refractivity (Wildman–Crippen MR) is 62.7 cm³/mol. The van der Waals surface area contributed by atoms with Crippen LogP contribution in [0.25, 0.3) is 0 Å². The molecule has 1 amide bonds. The molecule has 0 aromatic carbocycles. The average molecular weight is 248 g/mol. The van der Waals surface area contributed by atoms with Gasteiger partial charge in [-0.2, -0.15) is 0 Å². The molecule has 94 valence electrons. The molecule has 1 heterocycles. The number of nitrogens with zero attached hydrogens (tertiary/aromatic N) is 1. The molecule has 16 heavy (non-hydrogen) atoms. The maximum atomic E-state index is 12.0. The molecule has 0 aliphatic carbocycles. The fourth-order valence-electron chi connectivity index (χ4n) is 1.95. The van der Waals surface area contributed by atoms with Crippen LogP contribution in [0.2, 0.25) is 0 Å². The number of likely N-dealkylation sites (tertiary alicyclic amines) is 1. The number of amides is 1. The first kappa shape index (κ1) is 13.4. The molecular weight excluding hydrogens is 228 g/mol. The van der Waals surface area contributed by atoms with Crippen molar-refractivity contribution in [2.45, 2.75) is 37.5 Å². The third kappa shape index (κ3) is 2.95.